The molecule has 1 N–H and O–H groups in total. The maximum atomic E-state index is 5.58. The van der Waals surface area contributed by atoms with E-state index in [1.54, 1.807) is 11.8 Å². The average molecular weight is 235 g/mol. The summed E-state index contributed by atoms with van der Waals surface area (Å²) in [5.74, 6) is 2.68. The van der Waals surface area contributed by atoms with Gasteiger partial charge >= 0.3 is 0 Å². The standard InChI is InChI=1S/C13H17NOS/c1-2-11(8-14-5-1)6-10-3-4-13-12(7-10)15-9-16-13/h3-4,7,11,14H,1-2,5-6,8-9H2. The molecular formula is C13H17NOS. The van der Waals surface area contributed by atoms with Gasteiger partial charge in [0.25, 0.3) is 0 Å². The van der Waals surface area contributed by atoms with Gasteiger partial charge in [-0.1, -0.05) is 17.8 Å². The minimum atomic E-state index is 0.782. The Balaban J connectivity index is 1.69. The normalized spacial score (nSPS) is 23.9. The highest BCUT2D eigenvalue weighted by Crippen LogP contribution is 2.37. The van der Waals surface area contributed by atoms with Crippen molar-refractivity contribution in [1.29, 1.82) is 0 Å². The topological polar surface area (TPSA) is 21.3 Å². The van der Waals surface area contributed by atoms with Crippen LogP contribution in [0.25, 0.3) is 0 Å². The lowest BCUT2D eigenvalue weighted by atomic mass is 9.92. The Labute approximate surface area is 101 Å². The summed E-state index contributed by atoms with van der Waals surface area (Å²) in [6.45, 7) is 2.37. The Hall–Kier alpha value is -0.670. The molecule has 3 rings (SSSR count). The molecular weight excluding hydrogens is 218 g/mol. The summed E-state index contributed by atoms with van der Waals surface area (Å²) >= 11 is 1.79. The first kappa shape index (κ1) is 10.5. The number of nitrogens with one attached hydrogen (secondary N) is 1. The second-order valence-corrected chi connectivity index (χ2v) is 5.57. The van der Waals surface area contributed by atoms with Crippen LogP contribution in [0.2, 0.25) is 0 Å². The van der Waals surface area contributed by atoms with E-state index in [-0.39, 0.29) is 0 Å². The van der Waals surface area contributed by atoms with Crippen LogP contribution in [-0.4, -0.2) is 19.0 Å². The summed E-state index contributed by atoms with van der Waals surface area (Å²) in [6, 6.07) is 6.69. The van der Waals surface area contributed by atoms with Crippen molar-refractivity contribution < 1.29 is 4.74 Å². The maximum Gasteiger partial charge on any atom is 0.138 e. The van der Waals surface area contributed by atoms with E-state index in [4.69, 9.17) is 4.74 Å². The van der Waals surface area contributed by atoms with Crippen molar-refractivity contribution in [2.75, 3.05) is 19.0 Å². The van der Waals surface area contributed by atoms with Gasteiger partial charge in [-0.05, 0) is 56.0 Å². The number of rotatable bonds is 2. The summed E-state index contributed by atoms with van der Waals surface area (Å²) in [4.78, 5) is 1.30. The van der Waals surface area contributed by atoms with Gasteiger partial charge < -0.3 is 10.1 Å². The molecule has 1 saturated heterocycles. The number of piperidine rings is 1. The summed E-state index contributed by atoms with van der Waals surface area (Å²) < 4.78 is 5.58. The van der Waals surface area contributed by atoms with Gasteiger partial charge in [0.2, 0.25) is 0 Å². The Kier molecular flexibility index (Phi) is 3.06. The van der Waals surface area contributed by atoms with Crippen LogP contribution in [0.1, 0.15) is 18.4 Å². The van der Waals surface area contributed by atoms with Gasteiger partial charge in [-0.25, -0.2) is 0 Å². The van der Waals surface area contributed by atoms with E-state index in [1.807, 2.05) is 0 Å². The van der Waals surface area contributed by atoms with Gasteiger partial charge in [-0.2, -0.15) is 0 Å². The molecule has 0 amide bonds. The molecule has 16 heavy (non-hydrogen) atoms. The Morgan fingerprint density at radius 2 is 2.44 bits per heavy atom. The molecule has 1 aromatic rings. The SMILES string of the molecule is c1cc2c(cc1CC1CCCNC1)OCS2. The highest BCUT2D eigenvalue weighted by atomic mass is 32.2. The second kappa shape index (κ2) is 4.68. The van der Waals surface area contributed by atoms with Crippen LogP contribution < -0.4 is 10.1 Å². The highest BCUT2D eigenvalue weighted by Gasteiger charge is 2.16. The molecule has 0 aliphatic carbocycles. The lowest BCUT2D eigenvalue weighted by molar-refractivity contribution is 0.373. The smallest absolute Gasteiger partial charge is 0.138 e. The van der Waals surface area contributed by atoms with Crippen molar-refractivity contribution in [3.05, 3.63) is 23.8 Å². The van der Waals surface area contributed by atoms with Crippen molar-refractivity contribution in [3.8, 4) is 5.75 Å². The van der Waals surface area contributed by atoms with Gasteiger partial charge in [-0.15, -0.1) is 0 Å². The molecule has 86 valence electrons. The molecule has 0 aromatic heterocycles. The fraction of sp³-hybridized carbons (Fsp3) is 0.538. The first-order chi connectivity index (χ1) is 7.92. The van der Waals surface area contributed by atoms with Crippen molar-refractivity contribution in [2.24, 2.45) is 5.92 Å². The number of benzene rings is 1. The van der Waals surface area contributed by atoms with E-state index in [0.717, 1.165) is 17.6 Å². The minimum Gasteiger partial charge on any atom is -0.481 e. The summed E-state index contributed by atoms with van der Waals surface area (Å²) in [5.41, 5.74) is 1.43. The van der Waals surface area contributed by atoms with Crippen LogP contribution >= 0.6 is 11.8 Å². The molecule has 2 nitrogen and oxygen atoms in total. The third-order valence-electron chi connectivity index (χ3n) is 3.36. The number of thioether (sulfide) groups is 1. The van der Waals surface area contributed by atoms with Crippen molar-refractivity contribution >= 4 is 11.8 Å². The molecule has 2 heterocycles. The molecule has 0 spiro atoms. The van der Waals surface area contributed by atoms with Crippen LogP contribution in [0.15, 0.2) is 23.1 Å². The predicted octanol–water partition coefficient (Wildman–Crippen LogP) is 2.67. The van der Waals surface area contributed by atoms with E-state index in [1.165, 1.54) is 42.8 Å². The zero-order chi connectivity index (χ0) is 10.8. The molecule has 1 unspecified atom stereocenters. The fourth-order valence-electron chi connectivity index (χ4n) is 2.50. The fourth-order valence-corrected chi connectivity index (χ4v) is 3.24. The Morgan fingerprint density at radius 3 is 3.31 bits per heavy atom. The first-order valence-electron chi connectivity index (χ1n) is 6.01. The third-order valence-corrected chi connectivity index (χ3v) is 4.24. The zero-order valence-electron chi connectivity index (χ0n) is 9.37. The van der Waals surface area contributed by atoms with Crippen molar-refractivity contribution in [3.63, 3.8) is 0 Å². The predicted molar refractivity (Wildman–Crippen MR) is 67.1 cm³/mol. The maximum absolute atomic E-state index is 5.58. The van der Waals surface area contributed by atoms with E-state index < -0.39 is 0 Å². The van der Waals surface area contributed by atoms with E-state index in [9.17, 15) is 0 Å². The van der Waals surface area contributed by atoms with Gasteiger partial charge in [0, 0.05) is 0 Å². The monoisotopic (exact) mass is 235 g/mol. The molecule has 2 aliphatic heterocycles. The van der Waals surface area contributed by atoms with E-state index >= 15 is 0 Å². The number of fused-ring (bicyclic) bond motifs is 1. The lowest BCUT2D eigenvalue weighted by Gasteiger charge is -2.22. The van der Waals surface area contributed by atoms with Crippen LogP contribution in [0.3, 0.4) is 0 Å². The summed E-state index contributed by atoms with van der Waals surface area (Å²) in [6.07, 6.45) is 3.87. The number of ether oxygens (including phenoxy) is 1. The average Bonchev–Trinajstić information content (AvgIpc) is 2.77. The summed E-state index contributed by atoms with van der Waals surface area (Å²) in [7, 11) is 0. The van der Waals surface area contributed by atoms with Crippen LogP contribution in [-0.2, 0) is 6.42 Å². The molecule has 3 heteroatoms. The van der Waals surface area contributed by atoms with Crippen molar-refractivity contribution in [2.45, 2.75) is 24.2 Å². The molecule has 2 aliphatic rings. The lowest BCUT2D eigenvalue weighted by Crippen LogP contribution is -2.30. The minimum absolute atomic E-state index is 0.782. The van der Waals surface area contributed by atoms with Crippen LogP contribution in [0.4, 0.5) is 0 Å². The Morgan fingerprint density at radius 1 is 1.44 bits per heavy atom. The molecule has 1 atom stereocenters. The van der Waals surface area contributed by atoms with Crippen LogP contribution in [0, 0.1) is 5.92 Å². The second-order valence-electron chi connectivity index (χ2n) is 4.60. The molecule has 1 fully saturated rings. The first-order valence-corrected chi connectivity index (χ1v) is 6.99. The number of hydrogen-bond acceptors (Lipinski definition) is 3. The third kappa shape index (κ3) is 2.20. The van der Waals surface area contributed by atoms with Gasteiger partial charge in [0.05, 0.1) is 4.90 Å². The zero-order valence-corrected chi connectivity index (χ0v) is 10.2. The van der Waals surface area contributed by atoms with Gasteiger partial charge in [0.1, 0.15) is 11.7 Å². The van der Waals surface area contributed by atoms with Gasteiger partial charge in [0.15, 0.2) is 0 Å². The molecule has 0 radical (unpaired) electrons. The van der Waals surface area contributed by atoms with Crippen LogP contribution in [0.5, 0.6) is 5.75 Å². The largest absolute Gasteiger partial charge is 0.481 e. The van der Waals surface area contributed by atoms with Crippen molar-refractivity contribution in [1.82, 2.24) is 5.32 Å². The molecule has 0 bridgehead atoms. The molecule has 0 saturated carbocycles. The Bertz CT molecular complexity index is 374. The van der Waals surface area contributed by atoms with E-state index in [0.29, 0.717) is 0 Å². The molecule has 1 aromatic carbocycles. The van der Waals surface area contributed by atoms with Gasteiger partial charge in [-0.3, -0.25) is 0 Å². The highest BCUT2D eigenvalue weighted by molar-refractivity contribution is 7.99. The number of hydrogen-bond donors (Lipinski definition) is 1. The summed E-state index contributed by atoms with van der Waals surface area (Å²) in [5, 5.41) is 3.47. The quantitative estimate of drug-likeness (QED) is 0.851. The van der Waals surface area contributed by atoms with E-state index in [2.05, 4.69) is 23.5 Å².